The summed E-state index contributed by atoms with van der Waals surface area (Å²) >= 11 is 9.59. The predicted molar refractivity (Wildman–Crippen MR) is 73.6 cm³/mol. The number of hydrogen-bond acceptors (Lipinski definition) is 3. The van der Waals surface area contributed by atoms with Crippen molar-refractivity contribution >= 4 is 38.6 Å². The fourth-order valence-corrected chi connectivity index (χ4v) is 2.28. The van der Waals surface area contributed by atoms with Gasteiger partial charge in [-0.2, -0.15) is 0 Å². The molecule has 0 amide bonds. The minimum absolute atomic E-state index is 0.608. The number of aromatic nitrogens is 4. The molecular weight excluding hydrogens is 316 g/mol. The smallest absolute Gasteiger partial charge is 0.113 e. The van der Waals surface area contributed by atoms with Crippen molar-refractivity contribution in [1.82, 2.24) is 19.9 Å². The van der Waals surface area contributed by atoms with E-state index in [1.54, 1.807) is 18.6 Å². The first-order valence-corrected chi connectivity index (χ1v) is 6.48. The van der Waals surface area contributed by atoms with Crippen molar-refractivity contribution in [2.24, 2.45) is 0 Å². The lowest BCUT2D eigenvalue weighted by atomic mass is 10.3. The number of imidazole rings is 1. The van der Waals surface area contributed by atoms with Crippen LogP contribution in [0, 0.1) is 0 Å². The van der Waals surface area contributed by atoms with Crippen LogP contribution in [0.5, 0.6) is 0 Å². The maximum atomic E-state index is 6.20. The molecule has 1 N–H and O–H groups in total. The summed E-state index contributed by atoms with van der Waals surface area (Å²) < 4.78 is 0.853. The zero-order chi connectivity index (χ0) is 12.5. The Morgan fingerprint density at radius 3 is 2.94 bits per heavy atom. The second-order valence-corrected chi connectivity index (χ2v) is 5.04. The molecule has 3 rings (SSSR count). The van der Waals surface area contributed by atoms with E-state index in [2.05, 4.69) is 35.9 Å². The molecule has 0 unspecified atom stereocenters. The summed E-state index contributed by atoms with van der Waals surface area (Å²) in [6, 6.07) is 3.81. The number of nitrogens with zero attached hydrogens (tertiary/aromatic N) is 3. The van der Waals surface area contributed by atoms with Crippen molar-refractivity contribution in [2.45, 2.75) is 6.42 Å². The molecule has 0 saturated heterocycles. The second kappa shape index (κ2) is 4.66. The van der Waals surface area contributed by atoms with Crippen molar-refractivity contribution in [3.63, 3.8) is 0 Å². The van der Waals surface area contributed by atoms with Gasteiger partial charge in [0.25, 0.3) is 0 Å². The van der Waals surface area contributed by atoms with Gasteiger partial charge < -0.3 is 4.98 Å². The van der Waals surface area contributed by atoms with Gasteiger partial charge in [-0.15, -0.1) is 0 Å². The molecule has 6 heteroatoms. The van der Waals surface area contributed by atoms with Crippen molar-refractivity contribution in [3.05, 3.63) is 51.7 Å². The lowest BCUT2D eigenvalue weighted by molar-refractivity contribution is 0.964. The van der Waals surface area contributed by atoms with Crippen molar-refractivity contribution in [2.75, 3.05) is 0 Å². The maximum Gasteiger partial charge on any atom is 0.113 e. The third-order valence-electron chi connectivity index (χ3n) is 2.56. The van der Waals surface area contributed by atoms with Crippen LogP contribution in [0.1, 0.15) is 11.5 Å². The quantitative estimate of drug-likeness (QED) is 0.787. The summed E-state index contributed by atoms with van der Waals surface area (Å²) in [7, 11) is 0. The maximum absolute atomic E-state index is 6.20. The van der Waals surface area contributed by atoms with E-state index in [4.69, 9.17) is 11.6 Å². The molecule has 18 heavy (non-hydrogen) atoms. The monoisotopic (exact) mass is 322 g/mol. The number of fused-ring (bicyclic) bond motifs is 1. The minimum atomic E-state index is 0.608. The molecule has 2 heterocycles. The number of nitrogens with one attached hydrogen (secondary N) is 1. The van der Waals surface area contributed by atoms with Crippen LogP contribution in [0.25, 0.3) is 11.0 Å². The Bertz CT molecular complexity index is 696. The van der Waals surface area contributed by atoms with Crippen LogP contribution in [0.2, 0.25) is 5.02 Å². The molecule has 3 aromatic rings. The van der Waals surface area contributed by atoms with Crippen molar-refractivity contribution < 1.29 is 0 Å². The Hall–Kier alpha value is -1.46. The molecule has 0 atom stereocenters. The third kappa shape index (κ3) is 2.11. The van der Waals surface area contributed by atoms with E-state index < -0.39 is 0 Å². The highest BCUT2D eigenvalue weighted by Gasteiger charge is 2.09. The fraction of sp³-hybridized carbons (Fsp3) is 0.0833. The average molecular weight is 324 g/mol. The molecule has 1 aromatic carbocycles. The lowest BCUT2D eigenvalue weighted by Gasteiger charge is -1.95. The van der Waals surface area contributed by atoms with Crippen LogP contribution in [0.4, 0.5) is 0 Å². The molecule has 0 aliphatic carbocycles. The molecular formula is C12H8BrClN4. The van der Waals surface area contributed by atoms with Crippen molar-refractivity contribution in [1.29, 1.82) is 0 Å². The highest BCUT2D eigenvalue weighted by molar-refractivity contribution is 9.10. The molecule has 0 saturated carbocycles. The molecule has 0 aliphatic rings. The third-order valence-corrected chi connectivity index (χ3v) is 3.84. The van der Waals surface area contributed by atoms with Gasteiger partial charge in [0, 0.05) is 29.5 Å². The number of rotatable bonds is 2. The fourth-order valence-electron chi connectivity index (χ4n) is 1.75. The first-order valence-electron chi connectivity index (χ1n) is 5.31. The summed E-state index contributed by atoms with van der Waals surface area (Å²) in [6.07, 6.45) is 5.65. The topological polar surface area (TPSA) is 54.5 Å². The first kappa shape index (κ1) is 11.6. The van der Waals surface area contributed by atoms with Gasteiger partial charge in [0.15, 0.2) is 0 Å². The standard InChI is InChI=1S/C12H8BrClN4/c13-8-1-2-9-12(11(8)14)18-10(17-9)5-7-6-15-3-4-16-7/h1-4,6H,5H2,(H,17,18). The molecule has 0 spiro atoms. The Balaban J connectivity index is 2.02. The van der Waals surface area contributed by atoms with Gasteiger partial charge >= 0.3 is 0 Å². The Morgan fingerprint density at radius 1 is 1.28 bits per heavy atom. The normalized spacial score (nSPS) is 11.0. The van der Waals surface area contributed by atoms with Crippen LogP contribution < -0.4 is 0 Å². The van der Waals surface area contributed by atoms with Crippen LogP contribution in [0.3, 0.4) is 0 Å². The Morgan fingerprint density at radius 2 is 2.17 bits per heavy atom. The zero-order valence-corrected chi connectivity index (χ0v) is 11.5. The summed E-state index contributed by atoms with van der Waals surface area (Å²) in [4.78, 5) is 15.9. The van der Waals surface area contributed by atoms with Crippen LogP contribution >= 0.6 is 27.5 Å². The van der Waals surface area contributed by atoms with Crippen LogP contribution in [0.15, 0.2) is 35.2 Å². The van der Waals surface area contributed by atoms with E-state index in [0.29, 0.717) is 11.4 Å². The molecule has 4 nitrogen and oxygen atoms in total. The highest BCUT2D eigenvalue weighted by Crippen LogP contribution is 2.29. The van der Waals surface area contributed by atoms with Gasteiger partial charge in [0.05, 0.1) is 21.7 Å². The summed E-state index contributed by atoms with van der Waals surface area (Å²) in [5.74, 6) is 0.825. The predicted octanol–water partition coefficient (Wildman–Crippen LogP) is 3.36. The average Bonchev–Trinajstić information content (AvgIpc) is 2.79. The lowest BCUT2D eigenvalue weighted by Crippen LogP contribution is -1.94. The number of aromatic amines is 1. The largest absolute Gasteiger partial charge is 0.340 e. The van der Waals surface area contributed by atoms with Gasteiger partial charge in [-0.05, 0) is 28.1 Å². The van der Waals surface area contributed by atoms with Crippen LogP contribution in [-0.2, 0) is 6.42 Å². The highest BCUT2D eigenvalue weighted by atomic mass is 79.9. The summed E-state index contributed by atoms with van der Waals surface area (Å²) in [5, 5.41) is 0.644. The van der Waals surface area contributed by atoms with E-state index in [0.717, 1.165) is 27.0 Å². The summed E-state index contributed by atoms with van der Waals surface area (Å²) in [5.41, 5.74) is 2.55. The first-order chi connectivity index (χ1) is 8.74. The molecule has 0 radical (unpaired) electrons. The molecule has 0 fully saturated rings. The number of H-pyrrole nitrogens is 1. The minimum Gasteiger partial charge on any atom is -0.340 e. The van der Waals surface area contributed by atoms with Gasteiger partial charge in [-0.1, -0.05) is 11.6 Å². The molecule has 0 bridgehead atoms. The van der Waals surface area contributed by atoms with Crippen molar-refractivity contribution in [3.8, 4) is 0 Å². The second-order valence-electron chi connectivity index (χ2n) is 3.81. The van der Waals surface area contributed by atoms with E-state index in [1.807, 2.05) is 12.1 Å². The van der Waals surface area contributed by atoms with Gasteiger partial charge in [0.1, 0.15) is 5.82 Å². The SMILES string of the molecule is Clc1c(Br)ccc2nc(Cc3cnccn3)[nH]c12. The Labute approximate surface area is 117 Å². The van der Waals surface area contributed by atoms with E-state index in [1.165, 1.54) is 0 Å². The summed E-state index contributed by atoms with van der Waals surface area (Å²) in [6.45, 7) is 0. The van der Waals surface area contributed by atoms with E-state index in [-0.39, 0.29) is 0 Å². The van der Waals surface area contributed by atoms with E-state index >= 15 is 0 Å². The van der Waals surface area contributed by atoms with Gasteiger partial charge in [-0.25, -0.2) is 4.98 Å². The van der Waals surface area contributed by atoms with Gasteiger partial charge in [-0.3, -0.25) is 9.97 Å². The van der Waals surface area contributed by atoms with E-state index in [9.17, 15) is 0 Å². The zero-order valence-electron chi connectivity index (χ0n) is 9.19. The number of benzene rings is 1. The molecule has 0 aliphatic heterocycles. The molecule has 2 aromatic heterocycles. The van der Waals surface area contributed by atoms with Crippen LogP contribution in [-0.4, -0.2) is 19.9 Å². The van der Waals surface area contributed by atoms with Gasteiger partial charge in [0.2, 0.25) is 0 Å². The number of halogens is 2. The molecule has 90 valence electrons. The Kier molecular flexibility index (Phi) is 3.01. The number of hydrogen-bond donors (Lipinski definition) is 1.